The minimum absolute atomic E-state index is 0.0255. The van der Waals surface area contributed by atoms with E-state index in [9.17, 15) is 0 Å². The lowest BCUT2D eigenvalue weighted by Crippen LogP contribution is -2.17. The zero-order valence-corrected chi connectivity index (χ0v) is 9.91. The SMILES string of the molecule is C=CNC(C)c1ncnn1-c1ccc(C#N)cn1. The van der Waals surface area contributed by atoms with Gasteiger partial charge >= 0.3 is 0 Å². The van der Waals surface area contributed by atoms with E-state index >= 15 is 0 Å². The van der Waals surface area contributed by atoms with Gasteiger partial charge in [0.2, 0.25) is 0 Å². The Morgan fingerprint density at radius 2 is 2.33 bits per heavy atom. The van der Waals surface area contributed by atoms with Crippen LogP contribution >= 0.6 is 0 Å². The molecule has 2 aromatic heterocycles. The number of hydrogen-bond donors (Lipinski definition) is 1. The second kappa shape index (κ2) is 5.10. The molecule has 0 aliphatic rings. The van der Waals surface area contributed by atoms with Crippen LogP contribution < -0.4 is 5.32 Å². The van der Waals surface area contributed by atoms with Crippen LogP contribution in [0.4, 0.5) is 0 Å². The van der Waals surface area contributed by atoms with Crippen molar-refractivity contribution < 1.29 is 0 Å². The third kappa shape index (κ3) is 2.20. The monoisotopic (exact) mass is 240 g/mol. The average molecular weight is 240 g/mol. The Hall–Kier alpha value is -2.68. The number of nitriles is 1. The Morgan fingerprint density at radius 1 is 1.50 bits per heavy atom. The number of nitrogens with one attached hydrogen (secondary N) is 1. The lowest BCUT2D eigenvalue weighted by molar-refractivity contribution is 0.608. The third-order valence-corrected chi connectivity index (χ3v) is 2.42. The quantitative estimate of drug-likeness (QED) is 0.872. The largest absolute Gasteiger partial charge is 0.382 e. The van der Waals surface area contributed by atoms with Gasteiger partial charge in [-0.05, 0) is 25.3 Å². The summed E-state index contributed by atoms with van der Waals surface area (Å²) in [7, 11) is 0. The topological polar surface area (TPSA) is 79.4 Å². The molecule has 2 aromatic rings. The van der Waals surface area contributed by atoms with Crippen molar-refractivity contribution in [2.24, 2.45) is 0 Å². The minimum Gasteiger partial charge on any atom is -0.382 e. The summed E-state index contributed by atoms with van der Waals surface area (Å²) in [5.41, 5.74) is 0.512. The zero-order chi connectivity index (χ0) is 13.0. The summed E-state index contributed by atoms with van der Waals surface area (Å²) < 4.78 is 1.63. The van der Waals surface area contributed by atoms with Gasteiger partial charge in [0.05, 0.1) is 11.6 Å². The summed E-state index contributed by atoms with van der Waals surface area (Å²) in [6.07, 6.45) is 4.58. The summed E-state index contributed by atoms with van der Waals surface area (Å²) in [5, 5.41) is 15.9. The highest BCUT2D eigenvalue weighted by molar-refractivity contribution is 5.32. The molecule has 0 radical (unpaired) electrons. The smallest absolute Gasteiger partial charge is 0.156 e. The number of hydrogen-bond acceptors (Lipinski definition) is 5. The fourth-order valence-corrected chi connectivity index (χ4v) is 1.55. The first kappa shape index (κ1) is 11.8. The molecule has 6 nitrogen and oxygen atoms in total. The van der Waals surface area contributed by atoms with Crippen LogP contribution in [0, 0.1) is 11.3 Å². The summed E-state index contributed by atoms with van der Waals surface area (Å²) >= 11 is 0. The number of aromatic nitrogens is 4. The van der Waals surface area contributed by atoms with Crippen LogP contribution in [0.2, 0.25) is 0 Å². The molecule has 2 heterocycles. The molecule has 0 bridgehead atoms. The molecule has 0 aliphatic heterocycles. The van der Waals surface area contributed by atoms with Crippen LogP contribution in [0.1, 0.15) is 24.4 Å². The van der Waals surface area contributed by atoms with Crippen molar-refractivity contribution in [3.8, 4) is 11.9 Å². The Kier molecular flexibility index (Phi) is 3.34. The summed E-state index contributed by atoms with van der Waals surface area (Å²) in [6.45, 7) is 5.57. The number of rotatable bonds is 4. The van der Waals surface area contributed by atoms with Crippen molar-refractivity contribution in [1.29, 1.82) is 5.26 Å². The summed E-state index contributed by atoms with van der Waals surface area (Å²) in [5.74, 6) is 1.35. The zero-order valence-electron chi connectivity index (χ0n) is 9.91. The molecule has 0 saturated heterocycles. The predicted molar refractivity (Wildman–Crippen MR) is 65.6 cm³/mol. The number of pyridine rings is 1. The molecule has 0 aromatic carbocycles. The van der Waals surface area contributed by atoms with Gasteiger partial charge in [0.25, 0.3) is 0 Å². The molecule has 0 spiro atoms. The first-order chi connectivity index (χ1) is 8.76. The first-order valence-electron chi connectivity index (χ1n) is 5.39. The van der Waals surface area contributed by atoms with Crippen molar-refractivity contribution in [2.75, 3.05) is 0 Å². The Morgan fingerprint density at radius 3 is 2.94 bits per heavy atom. The maximum atomic E-state index is 8.73. The molecule has 6 heteroatoms. The van der Waals surface area contributed by atoms with Gasteiger partial charge in [0, 0.05) is 6.20 Å². The molecular weight excluding hydrogens is 228 g/mol. The second-order valence-corrected chi connectivity index (χ2v) is 3.64. The van der Waals surface area contributed by atoms with Gasteiger partial charge in [-0.3, -0.25) is 0 Å². The maximum Gasteiger partial charge on any atom is 0.156 e. The van der Waals surface area contributed by atoms with Crippen LogP contribution in [0.3, 0.4) is 0 Å². The van der Waals surface area contributed by atoms with Gasteiger partial charge < -0.3 is 5.32 Å². The first-order valence-corrected chi connectivity index (χ1v) is 5.39. The highest BCUT2D eigenvalue weighted by Crippen LogP contribution is 2.13. The minimum atomic E-state index is -0.0255. The molecule has 0 aliphatic carbocycles. The van der Waals surface area contributed by atoms with Crippen LogP contribution in [0.5, 0.6) is 0 Å². The maximum absolute atomic E-state index is 8.73. The van der Waals surface area contributed by atoms with Gasteiger partial charge in [0.1, 0.15) is 12.4 Å². The number of nitrogens with zero attached hydrogens (tertiary/aromatic N) is 5. The molecule has 18 heavy (non-hydrogen) atoms. The van der Waals surface area contributed by atoms with Crippen LogP contribution in [-0.4, -0.2) is 19.7 Å². The molecule has 90 valence electrons. The van der Waals surface area contributed by atoms with Gasteiger partial charge in [0.15, 0.2) is 11.6 Å². The molecule has 0 amide bonds. The predicted octanol–water partition coefficient (Wildman–Crippen LogP) is 1.33. The molecule has 1 N–H and O–H groups in total. The fraction of sp³-hybridized carbons (Fsp3) is 0.167. The van der Waals surface area contributed by atoms with Gasteiger partial charge in [-0.2, -0.15) is 15.0 Å². The van der Waals surface area contributed by atoms with Crippen LogP contribution in [0.15, 0.2) is 37.4 Å². The molecule has 1 atom stereocenters. The Balaban J connectivity index is 2.36. The van der Waals surface area contributed by atoms with Crippen molar-refractivity contribution in [3.05, 3.63) is 48.8 Å². The fourth-order valence-electron chi connectivity index (χ4n) is 1.55. The van der Waals surface area contributed by atoms with E-state index in [1.165, 1.54) is 12.5 Å². The van der Waals surface area contributed by atoms with Crippen LogP contribution in [-0.2, 0) is 0 Å². The molecule has 0 fully saturated rings. The van der Waals surface area contributed by atoms with E-state index in [1.807, 2.05) is 13.0 Å². The van der Waals surface area contributed by atoms with Crippen molar-refractivity contribution in [3.63, 3.8) is 0 Å². The Bertz CT molecular complexity index is 577. The van der Waals surface area contributed by atoms with E-state index in [0.717, 1.165) is 5.82 Å². The van der Waals surface area contributed by atoms with Crippen molar-refractivity contribution in [1.82, 2.24) is 25.1 Å². The lowest BCUT2D eigenvalue weighted by atomic mass is 10.3. The normalized spacial score (nSPS) is 11.6. The van der Waals surface area contributed by atoms with E-state index in [0.29, 0.717) is 11.4 Å². The molecule has 0 saturated carbocycles. The van der Waals surface area contributed by atoms with E-state index in [-0.39, 0.29) is 6.04 Å². The summed E-state index contributed by atoms with van der Waals surface area (Å²) in [6, 6.07) is 5.43. The standard InChI is InChI=1S/C12H12N6/c1-3-14-9(2)12-16-8-17-18(12)11-5-4-10(6-13)7-15-11/h3-5,7-9,14H,1H2,2H3. The Labute approximate surface area is 105 Å². The molecular formula is C12H12N6. The molecule has 2 rings (SSSR count). The molecule has 1 unspecified atom stereocenters. The lowest BCUT2D eigenvalue weighted by Gasteiger charge is -2.11. The highest BCUT2D eigenvalue weighted by Gasteiger charge is 2.13. The second-order valence-electron chi connectivity index (χ2n) is 3.64. The van der Waals surface area contributed by atoms with E-state index in [2.05, 4.69) is 27.0 Å². The van der Waals surface area contributed by atoms with Crippen molar-refractivity contribution in [2.45, 2.75) is 13.0 Å². The van der Waals surface area contributed by atoms with Crippen LogP contribution in [0.25, 0.3) is 5.82 Å². The summed E-state index contributed by atoms with van der Waals surface area (Å²) in [4.78, 5) is 8.37. The van der Waals surface area contributed by atoms with E-state index in [4.69, 9.17) is 5.26 Å². The van der Waals surface area contributed by atoms with E-state index in [1.54, 1.807) is 23.0 Å². The highest BCUT2D eigenvalue weighted by atomic mass is 15.4. The van der Waals surface area contributed by atoms with E-state index < -0.39 is 0 Å². The average Bonchev–Trinajstić information content (AvgIpc) is 2.88. The van der Waals surface area contributed by atoms with Gasteiger partial charge in [-0.15, -0.1) is 0 Å². The van der Waals surface area contributed by atoms with Gasteiger partial charge in [-0.25, -0.2) is 9.97 Å². The van der Waals surface area contributed by atoms with Gasteiger partial charge in [-0.1, -0.05) is 6.58 Å². The third-order valence-electron chi connectivity index (χ3n) is 2.42. The van der Waals surface area contributed by atoms with Crippen molar-refractivity contribution >= 4 is 0 Å².